The summed E-state index contributed by atoms with van der Waals surface area (Å²) in [6.45, 7) is 5.93. The summed E-state index contributed by atoms with van der Waals surface area (Å²) in [5.41, 5.74) is 6.99. The van der Waals surface area contributed by atoms with Gasteiger partial charge >= 0.3 is 0 Å². The quantitative estimate of drug-likeness (QED) is 0.887. The van der Waals surface area contributed by atoms with Crippen molar-refractivity contribution in [2.75, 3.05) is 10.6 Å². The zero-order valence-electron chi connectivity index (χ0n) is 14.1. The number of hydrogen-bond acceptors (Lipinski definition) is 2. The molecule has 0 spiro atoms. The summed E-state index contributed by atoms with van der Waals surface area (Å²) in [6.07, 6.45) is 3.56. The Labute approximate surface area is 138 Å². The molecule has 2 aromatic carbocycles. The minimum absolute atomic E-state index is 0.0146. The summed E-state index contributed by atoms with van der Waals surface area (Å²) in [5.74, 6) is -0.0146. The largest absolute Gasteiger partial charge is 0.374 e. The maximum absolute atomic E-state index is 12.4. The van der Waals surface area contributed by atoms with Crippen molar-refractivity contribution in [1.82, 2.24) is 0 Å². The van der Waals surface area contributed by atoms with Crippen molar-refractivity contribution in [3.63, 3.8) is 0 Å². The fourth-order valence-corrected chi connectivity index (χ4v) is 3.09. The topological polar surface area (TPSA) is 41.1 Å². The Morgan fingerprint density at radius 2 is 1.83 bits per heavy atom. The van der Waals surface area contributed by atoms with E-state index in [1.807, 2.05) is 32.9 Å². The summed E-state index contributed by atoms with van der Waals surface area (Å²) in [5, 5.41) is 6.34. The van der Waals surface area contributed by atoms with Gasteiger partial charge in [-0.05, 0) is 80.5 Å². The molecule has 120 valence electrons. The lowest BCUT2D eigenvalue weighted by Gasteiger charge is -2.17. The number of carbonyl (C=O) groups is 1. The first-order valence-corrected chi connectivity index (χ1v) is 8.29. The molecular formula is C20H24N2O. The van der Waals surface area contributed by atoms with Crippen LogP contribution in [0.3, 0.4) is 0 Å². The molecule has 3 heteroatoms. The van der Waals surface area contributed by atoms with Gasteiger partial charge in [0.2, 0.25) is 5.91 Å². The van der Waals surface area contributed by atoms with E-state index in [-0.39, 0.29) is 11.9 Å². The molecule has 1 aliphatic rings. The first-order valence-electron chi connectivity index (χ1n) is 8.29. The maximum atomic E-state index is 12.4. The van der Waals surface area contributed by atoms with Crippen LogP contribution in [0.25, 0.3) is 0 Å². The van der Waals surface area contributed by atoms with Crippen molar-refractivity contribution >= 4 is 17.3 Å². The number of rotatable bonds is 4. The Morgan fingerprint density at radius 3 is 2.65 bits per heavy atom. The summed E-state index contributed by atoms with van der Waals surface area (Å²) < 4.78 is 0. The van der Waals surface area contributed by atoms with Crippen molar-refractivity contribution in [3.8, 4) is 0 Å². The van der Waals surface area contributed by atoms with Crippen molar-refractivity contribution in [3.05, 3.63) is 58.7 Å². The molecule has 0 aromatic heterocycles. The average molecular weight is 308 g/mol. The lowest BCUT2D eigenvalue weighted by molar-refractivity contribution is -0.116. The molecule has 0 aliphatic heterocycles. The summed E-state index contributed by atoms with van der Waals surface area (Å²) >= 11 is 0. The van der Waals surface area contributed by atoms with Crippen LogP contribution in [0, 0.1) is 13.8 Å². The van der Waals surface area contributed by atoms with Gasteiger partial charge in [-0.2, -0.15) is 0 Å². The maximum Gasteiger partial charge on any atom is 0.246 e. The first kappa shape index (κ1) is 15.6. The third-order valence-corrected chi connectivity index (χ3v) is 4.53. The molecule has 1 aliphatic carbocycles. The normalized spacial score (nSPS) is 14.2. The zero-order chi connectivity index (χ0) is 16.4. The van der Waals surface area contributed by atoms with Gasteiger partial charge in [-0.3, -0.25) is 4.79 Å². The van der Waals surface area contributed by atoms with Crippen LogP contribution in [-0.2, 0) is 17.6 Å². The molecule has 0 bridgehead atoms. The Kier molecular flexibility index (Phi) is 4.37. The van der Waals surface area contributed by atoms with Crippen LogP contribution in [-0.4, -0.2) is 11.9 Å². The van der Waals surface area contributed by atoms with Gasteiger partial charge in [0.15, 0.2) is 0 Å². The molecule has 0 saturated carbocycles. The third kappa shape index (κ3) is 3.55. The van der Waals surface area contributed by atoms with Gasteiger partial charge in [-0.1, -0.05) is 18.2 Å². The van der Waals surface area contributed by atoms with Crippen LogP contribution in [0.5, 0.6) is 0 Å². The summed E-state index contributed by atoms with van der Waals surface area (Å²) in [6, 6.07) is 12.3. The van der Waals surface area contributed by atoms with Gasteiger partial charge in [-0.25, -0.2) is 0 Å². The standard InChI is InChI=1S/C20H24N2O/c1-13-7-8-14(2)19(11-13)22-20(23)15(3)21-18-10-9-16-5-4-6-17(16)12-18/h7-12,15,21H,4-6H2,1-3H3,(H,22,23)/t15-/m0/s1. The predicted octanol–water partition coefficient (Wildman–Crippen LogP) is 4.23. The molecule has 0 saturated heterocycles. The molecule has 2 N–H and O–H groups in total. The highest BCUT2D eigenvalue weighted by molar-refractivity contribution is 5.96. The highest BCUT2D eigenvalue weighted by Gasteiger charge is 2.16. The minimum Gasteiger partial charge on any atom is -0.374 e. The second kappa shape index (κ2) is 6.45. The Bertz CT molecular complexity index is 736. The van der Waals surface area contributed by atoms with Gasteiger partial charge in [0, 0.05) is 11.4 Å². The molecule has 0 fully saturated rings. The summed E-state index contributed by atoms with van der Waals surface area (Å²) in [4.78, 5) is 12.4. The number of benzene rings is 2. The molecule has 1 atom stereocenters. The van der Waals surface area contributed by atoms with Gasteiger partial charge in [0.05, 0.1) is 0 Å². The van der Waals surface area contributed by atoms with E-state index in [9.17, 15) is 4.79 Å². The minimum atomic E-state index is -0.283. The Morgan fingerprint density at radius 1 is 1.04 bits per heavy atom. The molecular weight excluding hydrogens is 284 g/mol. The average Bonchev–Trinajstić information content (AvgIpc) is 2.98. The number of hydrogen-bond donors (Lipinski definition) is 2. The molecule has 0 radical (unpaired) electrons. The number of carbonyl (C=O) groups excluding carboxylic acids is 1. The highest BCUT2D eigenvalue weighted by Crippen LogP contribution is 2.25. The van der Waals surface area contributed by atoms with Crippen LogP contribution >= 0.6 is 0 Å². The van der Waals surface area contributed by atoms with Gasteiger partial charge in [0.1, 0.15) is 6.04 Å². The molecule has 0 heterocycles. The Hall–Kier alpha value is -2.29. The number of amides is 1. The van der Waals surface area contributed by atoms with E-state index in [2.05, 4.69) is 34.9 Å². The zero-order valence-corrected chi connectivity index (χ0v) is 14.1. The fourth-order valence-electron chi connectivity index (χ4n) is 3.09. The SMILES string of the molecule is Cc1ccc(C)c(NC(=O)[C@H](C)Nc2ccc3c(c2)CCC3)c1. The Balaban J connectivity index is 1.67. The number of fused-ring (bicyclic) bond motifs is 1. The second-order valence-electron chi connectivity index (χ2n) is 6.51. The van der Waals surface area contributed by atoms with Gasteiger partial charge in [-0.15, -0.1) is 0 Å². The first-order chi connectivity index (χ1) is 11.0. The van der Waals surface area contributed by atoms with Crippen LogP contribution in [0.4, 0.5) is 11.4 Å². The molecule has 0 unspecified atom stereocenters. The molecule has 3 rings (SSSR count). The van der Waals surface area contributed by atoms with Gasteiger partial charge in [0.25, 0.3) is 0 Å². The summed E-state index contributed by atoms with van der Waals surface area (Å²) in [7, 11) is 0. The van der Waals surface area contributed by atoms with Crippen LogP contribution in [0.2, 0.25) is 0 Å². The van der Waals surface area contributed by atoms with Crippen LogP contribution in [0.15, 0.2) is 36.4 Å². The van der Waals surface area contributed by atoms with Crippen LogP contribution in [0.1, 0.15) is 35.6 Å². The second-order valence-corrected chi connectivity index (χ2v) is 6.51. The van der Waals surface area contributed by atoms with E-state index in [1.165, 1.54) is 24.0 Å². The molecule has 3 nitrogen and oxygen atoms in total. The van der Waals surface area contributed by atoms with E-state index >= 15 is 0 Å². The monoisotopic (exact) mass is 308 g/mol. The van der Waals surface area contributed by atoms with E-state index in [4.69, 9.17) is 0 Å². The van der Waals surface area contributed by atoms with E-state index in [0.29, 0.717) is 0 Å². The number of anilines is 2. The fraction of sp³-hybridized carbons (Fsp3) is 0.350. The number of nitrogens with one attached hydrogen (secondary N) is 2. The van der Waals surface area contributed by atoms with Crippen molar-refractivity contribution in [2.45, 2.75) is 46.1 Å². The van der Waals surface area contributed by atoms with E-state index < -0.39 is 0 Å². The lowest BCUT2D eigenvalue weighted by atomic mass is 10.1. The van der Waals surface area contributed by atoms with Gasteiger partial charge < -0.3 is 10.6 Å². The van der Waals surface area contributed by atoms with Crippen LogP contribution < -0.4 is 10.6 Å². The third-order valence-electron chi connectivity index (χ3n) is 4.53. The smallest absolute Gasteiger partial charge is 0.246 e. The predicted molar refractivity (Wildman–Crippen MR) is 96.1 cm³/mol. The number of aryl methyl sites for hydroxylation is 4. The van der Waals surface area contributed by atoms with Crippen molar-refractivity contribution in [2.24, 2.45) is 0 Å². The molecule has 1 amide bonds. The molecule has 23 heavy (non-hydrogen) atoms. The van der Waals surface area contributed by atoms with E-state index in [1.54, 1.807) is 0 Å². The van der Waals surface area contributed by atoms with Crippen molar-refractivity contribution in [1.29, 1.82) is 0 Å². The van der Waals surface area contributed by atoms with Crippen molar-refractivity contribution < 1.29 is 4.79 Å². The lowest BCUT2D eigenvalue weighted by Crippen LogP contribution is -2.32. The van der Waals surface area contributed by atoms with E-state index in [0.717, 1.165) is 28.9 Å². The highest BCUT2D eigenvalue weighted by atomic mass is 16.2. The molecule has 2 aromatic rings.